The number of hydrogen-bond acceptors (Lipinski definition) is 5. The zero-order chi connectivity index (χ0) is 18.9. The molecular formula is C19H19N3O4. The average molecular weight is 353 g/mol. The maximum atomic E-state index is 11.7. The maximum Gasteiger partial charge on any atom is 0.337 e. The Balaban J connectivity index is 1.81. The Morgan fingerprint density at radius 3 is 2.27 bits per heavy atom. The lowest BCUT2D eigenvalue weighted by Crippen LogP contribution is -2.37. The minimum Gasteiger partial charge on any atom is -0.465 e. The summed E-state index contributed by atoms with van der Waals surface area (Å²) in [6.07, 6.45) is 1.37. The van der Waals surface area contributed by atoms with Gasteiger partial charge in [-0.05, 0) is 30.2 Å². The maximum absolute atomic E-state index is 11.7. The molecule has 2 N–H and O–H groups in total. The van der Waals surface area contributed by atoms with Crippen molar-refractivity contribution in [3.05, 3.63) is 70.8 Å². The van der Waals surface area contributed by atoms with E-state index in [0.717, 1.165) is 11.1 Å². The molecule has 134 valence electrons. The highest BCUT2D eigenvalue weighted by atomic mass is 16.5. The van der Waals surface area contributed by atoms with Crippen LogP contribution in [0.4, 0.5) is 0 Å². The van der Waals surface area contributed by atoms with Gasteiger partial charge in [0.15, 0.2) is 0 Å². The third-order valence-electron chi connectivity index (χ3n) is 3.49. The number of methoxy groups -OCH3 is 1. The van der Waals surface area contributed by atoms with Gasteiger partial charge in [0.05, 0.1) is 18.9 Å². The molecule has 0 heterocycles. The summed E-state index contributed by atoms with van der Waals surface area (Å²) >= 11 is 0. The number of rotatable bonds is 5. The van der Waals surface area contributed by atoms with Crippen molar-refractivity contribution >= 4 is 24.0 Å². The van der Waals surface area contributed by atoms with E-state index in [1.807, 2.05) is 31.2 Å². The first-order valence-electron chi connectivity index (χ1n) is 7.85. The van der Waals surface area contributed by atoms with E-state index in [4.69, 9.17) is 0 Å². The number of carbonyl (C=O) groups is 3. The van der Waals surface area contributed by atoms with Gasteiger partial charge in [-0.15, -0.1) is 0 Å². The molecule has 0 bridgehead atoms. The zero-order valence-electron chi connectivity index (χ0n) is 14.5. The third-order valence-corrected chi connectivity index (χ3v) is 3.49. The van der Waals surface area contributed by atoms with E-state index >= 15 is 0 Å². The van der Waals surface area contributed by atoms with Gasteiger partial charge in [-0.2, -0.15) is 5.10 Å². The van der Waals surface area contributed by atoms with Crippen LogP contribution in [0.3, 0.4) is 0 Å². The number of aryl methyl sites for hydroxylation is 1. The summed E-state index contributed by atoms with van der Waals surface area (Å²) in [5.74, 6) is -2.07. The molecule has 2 rings (SSSR count). The number of nitrogens with one attached hydrogen (secondary N) is 2. The molecule has 0 aliphatic rings. The molecule has 0 aliphatic carbocycles. The van der Waals surface area contributed by atoms with Crippen molar-refractivity contribution < 1.29 is 19.1 Å². The van der Waals surface area contributed by atoms with Crippen molar-refractivity contribution in [2.45, 2.75) is 13.5 Å². The standard InChI is InChI=1S/C19H19N3O4/c1-13-3-5-14(6-4-13)11-20-17(23)18(24)22-21-12-15-7-9-16(10-8-15)19(25)26-2/h3-10,12H,11H2,1-2H3,(H,20,23)(H,22,24)/b21-12-. The minimum absolute atomic E-state index is 0.255. The fraction of sp³-hybridized carbons (Fsp3) is 0.158. The Labute approximate surface area is 151 Å². The van der Waals surface area contributed by atoms with Gasteiger partial charge < -0.3 is 10.1 Å². The second kappa shape index (κ2) is 9.12. The Morgan fingerprint density at radius 1 is 1.00 bits per heavy atom. The van der Waals surface area contributed by atoms with Crippen LogP contribution < -0.4 is 10.7 Å². The van der Waals surface area contributed by atoms with E-state index in [-0.39, 0.29) is 6.54 Å². The van der Waals surface area contributed by atoms with Crippen LogP contribution in [-0.2, 0) is 20.9 Å². The largest absolute Gasteiger partial charge is 0.465 e. The quantitative estimate of drug-likeness (QED) is 0.369. The fourth-order valence-electron chi connectivity index (χ4n) is 2.01. The summed E-state index contributed by atoms with van der Waals surface area (Å²) in [6, 6.07) is 14.0. The van der Waals surface area contributed by atoms with Crippen molar-refractivity contribution in [1.82, 2.24) is 10.7 Å². The molecule has 2 aromatic carbocycles. The van der Waals surface area contributed by atoms with Crippen molar-refractivity contribution in [2.75, 3.05) is 7.11 Å². The topological polar surface area (TPSA) is 96.9 Å². The first-order chi connectivity index (χ1) is 12.5. The minimum atomic E-state index is -0.862. The summed E-state index contributed by atoms with van der Waals surface area (Å²) in [4.78, 5) is 34.7. The van der Waals surface area contributed by atoms with Gasteiger partial charge >= 0.3 is 17.8 Å². The number of nitrogens with zero attached hydrogens (tertiary/aromatic N) is 1. The second-order valence-corrected chi connectivity index (χ2v) is 5.48. The monoisotopic (exact) mass is 353 g/mol. The highest BCUT2D eigenvalue weighted by Crippen LogP contribution is 2.04. The van der Waals surface area contributed by atoms with Gasteiger partial charge in [0.2, 0.25) is 0 Å². The molecule has 7 heteroatoms. The molecule has 0 atom stereocenters. The third kappa shape index (κ3) is 5.55. The summed E-state index contributed by atoms with van der Waals surface area (Å²) in [7, 11) is 1.30. The lowest BCUT2D eigenvalue weighted by molar-refractivity contribution is -0.139. The van der Waals surface area contributed by atoms with Crippen molar-refractivity contribution in [3.8, 4) is 0 Å². The van der Waals surface area contributed by atoms with E-state index in [1.54, 1.807) is 24.3 Å². The summed E-state index contributed by atoms with van der Waals surface area (Å²) in [6.45, 7) is 2.22. The molecule has 0 radical (unpaired) electrons. The first kappa shape index (κ1) is 18.9. The van der Waals surface area contributed by atoms with Crippen molar-refractivity contribution in [3.63, 3.8) is 0 Å². The Bertz CT molecular complexity index is 812. The first-order valence-corrected chi connectivity index (χ1v) is 7.85. The molecule has 0 spiro atoms. The van der Waals surface area contributed by atoms with Crippen LogP contribution >= 0.6 is 0 Å². The van der Waals surface area contributed by atoms with E-state index < -0.39 is 17.8 Å². The highest BCUT2D eigenvalue weighted by Gasteiger charge is 2.11. The predicted molar refractivity (Wildman–Crippen MR) is 96.5 cm³/mol. The van der Waals surface area contributed by atoms with Crippen LogP contribution in [-0.4, -0.2) is 31.1 Å². The molecule has 0 saturated carbocycles. The SMILES string of the molecule is COC(=O)c1ccc(/C=N\NC(=O)C(=O)NCc2ccc(C)cc2)cc1. The van der Waals surface area contributed by atoms with Crippen LogP contribution in [0.1, 0.15) is 27.0 Å². The van der Waals surface area contributed by atoms with Crippen LogP contribution in [0, 0.1) is 6.92 Å². The molecule has 0 fully saturated rings. The molecule has 0 aromatic heterocycles. The number of amides is 2. The second-order valence-electron chi connectivity index (χ2n) is 5.48. The lowest BCUT2D eigenvalue weighted by atomic mass is 10.1. The van der Waals surface area contributed by atoms with Gasteiger partial charge in [-0.1, -0.05) is 42.0 Å². The van der Waals surface area contributed by atoms with Crippen LogP contribution in [0.25, 0.3) is 0 Å². The number of carbonyl (C=O) groups excluding carboxylic acids is 3. The van der Waals surface area contributed by atoms with E-state index in [9.17, 15) is 14.4 Å². The van der Waals surface area contributed by atoms with E-state index in [0.29, 0.717) is 11.1 Å². The van der Waals surface area contributed by atoms with Crippen molar-refractivity contribution in [1.29, 1.82) is 0 Å². The molecule has 7 nitrogen and oxygen atoms in total. The molecule has 0 aliphatic heterocycles. The summed E-state index contributed by atoms with van der Waals surface area (Å²) in [5, 5.41) is 6.24. The average Bonchev–Trinajstić information content (AvgIpc) is 2.67. The lowest BCUT2D eigenvalue weighted by Gasteiger charge is -2.04. The summed E-state index contributed by atoms with van der Waals surface area (Å²) in [5.41, 5.74) is 5.22. The van der Waals surface area contributed by atoms with Gasteiger partial charge in [0, 0.05) is 6.54 Å². The predicted octanol–water partition coefficient (Wildman–Crippen LogP) is 1.55. The number of esters is 1. The van der Waals surface area contributed by atoms with Gasteiger partial charge in [-0.25, -0.2) is 10.2 Å². The van der Waals surface area contributed by atoms with Crippen LogP contribution in [0.15, 0.2) is 53.6 Å². The Hall–Kier alpha value is -3.48. The molecule has 2 aromatic rings. The normalized spacial score (nSPS) is 10.4. The number of hydrazone groups is 1. The highest BCUT2D eigenvalue weighted by molar-refractivity contribution is 6.35. The summed E-state index contributed by atoms with van der Waals surface area (Å²) < 4.78 is 4.60. The van der Waals surface area contributed by atoms with Gasteiger partial charge in [0.1, 0.15) is 0 Å². The van der Waals surface area contributed by atoms with E-state index in [1.165, 1.54) is 13.3 Å². The smallest absolute Gasteiger partial charge is 0.337 e. The van der Waals surface area contributed by atoms with Gasteiger partial charge in [-0.3, -0.25) is 9.59 Å². The number of benzene rings is 2. The van der Waals surface area contributed by atoms with Crippen LogP contribution in [0.2, 0.25) is 0 Å². The van der Waals surface area contributed by atoms with E-state index in [2.05, 4.69) is 20.6 Å². The number of ether oxygens (including phenoxy) is 1. The Morgan fingerprint density at radius 2 is 1.65 bits per heavy atom. The molecule has 0 unspecified atom stereocenters. The molecule has 26 heavy (non-hydrogen) atoms. The molecule has 0 saturated heterocycles. The fourth-order valence-corrected chi connectivity index (χ4v) is 2.01. The van der Waals surface area contributed by atoms with Crippen molar-refractivity contribution in [2.24, 2.45) is 5.10 Å². The molecular weight excluding hydrogens is 334 g/mol. The zero-order valence-corrected chi connectivity index (χ0v) is 14.5. The number of hydrogen-bond donors (Lipinski definition) is 2. The Kier molecular flexibility index (Phi) is 6.61. The molecule has 2 amide bonds. The van der Waals surface area contributed by atoms with Gasteiger partial charge in [0.25, 0.3) is 0 Å². The van der Waals surface area contributed by atoms with Crippen LogP contribution in [0.5, 0.6) is 0 Å².